The molecule has 1 saturated heterocycles. The van der Waals surface area contributed by atoms with E-state index in [0.717, 1.165) is 26.5 Å². The first-order valence-electron chi connectivity index (χ1n) is 9.46. The van der Waals surface area contributed by atoms with Crippen LogP contribution in [0.4, 0.5) is 0 Å². The second kappa shape index (κ2) is 7.76. The molecule has 2 aromatic heterocycles. The second-order valence-electron chi connectivity index (χ2n) is 7.70. The molecule has 148 valence electrons. The predicted octanol–water partition coefficient (Wildman–Crippen LogP) is 5.38. The number of aromatic nitrogens is 1. The summed E-state index contributed by atoms with van der Waals surface area (Å²) in [4.78, 5) is 21.2. The van der Waals surface area contributed by atoms with Gasteiger partial charge >= 0.3 is 0 Å². The van der Waals surface area contributed by atoms with Gasteiger partial charge in [0.2, 0.25) is 5.91 Å². The quantitative estimate of drug-likeness (QED) is 0.616. The molecule has 0 aliphatic carbocycles. The number of carbonyl (C=O) groups is 1. The molecule has 1 aliphatic rings. The fourth-order valence-corrected chi connectivity index (χ4v) is 6.18. The third kappa shape index (κ3) is 3.74. The van der Waals surface area contributed by atoms with Gasteiger partial charge in [0.1, 0.15) is 5.84 Å². The molecule has 4 nitrogen and oxygen atoms in total. The maximum atomic E-state index is 13.2. The molecule has 6 heteroatoms. The molecular formula is C23H23N3OS2. The summed E-state index contributed by atoms with van der Waals surface area (Å²) in [5.41, 5.74) is 2.87. The number of pyridine rings is 1. The van der Waals surface area contributed by atoms with E-state index >= 15 is 0 Å². The van der Waals surface area contributed by atoms with Crippen LogP contribution < -0.4 is 0 Å². The van der Waals surface area contributed by atoms with Gasteiger partial charge in [-0.1, -0.05) is 25.1 Å². The van der Waals surface area contributed by atoms with E-state index in [-0.39, 0.29) is 11.2 Å². The summed E-state index contributed by atoms with van der Waals surface area (Å²) in [5, 5.41) is 10.2. The molecule has 0 spiro atoms. The van der Waals surface area contributed by atoms with E-state index in [0.29, 0.717) is 12.3 Å². The van der Waals surface area contributed by atoms with Crippen molar-refractivity contribution in [2.75, 3.05) is 7.05 Å². The molecule has 0 radical (unpaired) electrons. The zero-order chi connectivity index (χ0) is 20.6. The van der Waals surface area contributed by atoms with E-state index in [2.05, 4.69) is 29.4 Å². The summed E-state index contributed by atoms with van der Waals surface area (Å²) >= 11 is 3.26. The van der Waals surface area contributed by atoms with E-state index in [9.17, 15) is 4.79 Å². The lowest BCUT2D eigenvalue weighted by Gasteiger charge is -2.43. The number of aryl methyl sites for hydroxylation is 1. The first-order valence-corrected chi connectivity index (χ1v) is 11.2. The Morgan fingerprint density at radius 1 is 1.21 bits per heavy atom. The van der Waals surface area contributed by atoms with Crippen molar-refractivity contribution in [3.8, 4) is 11.1 Å². The summed E-state index contributed by atoms with van der Waals surface area (Å²) < 4.78 is 0. The molecule has 0 saturated carbocycles. The van der Waals surface area contributed by atoms with Crippen molar-refractivity contribution < 1.29 is 4.79 Å². The van der Waals surface area contributed by atoms with Gasteiger partial charge < -0.3 is 4.90 Å². The molecule has 29 heavy (non-hydrogen) atoms. The van der Waals surface area contributed by atoms with Gasteiger partial charge in [-0.3, -0.25) is 15.2 Å². The number of benzene rings is 1. The van der Waals surface area contributed by atoms with Crippen LogP contribution in [0.25, 0.3) is 11.1 Å². The minimum Gasteiger partial charge on any atom is -0.303 e. The lowest BCUT2D eigenvalue weighted by Crippen LogP contribution is -2.55. The number of carbonyl (C=O) groups excluding carboxylic acids is 1. The van der Waals surface area contributed by atoms with Crippen molar-refractivity contribution in [3.63, 3.8) is 0 Å². The number of thiophene rings is 1. The largest absolute Gasteiger partial charge is 0.303 e. The highest BCUT2D eigenvalue weighted by Crippen LogP contribution is 2.47. The summed E-state index contributed by atoms with van der Waals surface area (Å²) in [7, 11) is 1.71. The number of amidine groups is 1. The molecule has 3 aromatic rings. The van der Waals surface area contributed by atoms with Gasteiger partial charge in [-0.15, -0.1) is 23.1 Å². The molecule has 1 unspecified atom stereocenters. The maximum Gasteiger partial charge on any atom is 0.242 e. The molecule has 1 aromatic carbocycles. The summed E-state index contributed by atoms with van der Waals surface area (Å²) in [5.74, 6) is 0.361. The lowest BCUT2D eigenvalue weighted by atomic mass is 9.77. The number of likely N-dealkylation sites (tertiary alicyclic amines) is 1. The van der Waals surface area contributed by atoms with Crippen molar-refractivity contribution in [1.29, 1.82) is 5.41 Å². The number of amides is 1. The number of nitrogens with one attached hydrogen (secondary N) is 1. The number of nitrogens with zero attached hydrogens (tertiary/aromatic N) is 2. The number of piperidine rings is 1. The normalized spacial score (nSPS) is 22.2. The van der Waals surface area contributed by atoms with Crippen LogP contribution in [0.1, 0.15) is 23.8 Å². The fourth-order valence-electron chi connectivity index (χ4n) is 3.67. The average molecular weight is 422 g/mol. The Morgan fingerprint density at radius 3 is 2.69 bits per heavy atom. The zero-order valence-corrected chi connectivity index (χ0v) is 18.3. The zero-order valence-electron chi connectivity index (χ0n) is 16.7. The Hall–Kier alpha value is -2.44. The van der Waals surface area contributed by atoms with Crippen LogP contribution >= 0.6 is 23.1 Å². The Balaban J connectivity index is 1.74. The molecule has 4 rings (SSSR count). The summed E-state index contributed by atoms with van der Waals surface area (Å²) in [6.07, 6.45) is 4.26. The Bertz CT molecular complexity index is 1060. The molecular weight excluding hydrogens is 398 g/mol. The molecule has 3 heterocycles. The minimum atomic E-state index is -0.443. The van der Waals surface area contributed by atoms with E-state index in [1.807, 2.05) is 49.6 Å². The highest BCUT2D eigenvalue weighted by Gasteiger charge is 2.49. The molecule has 1 amide bonds. The highest BCUT2D eigenvalue weighted by molar-refractivity contribution is 8.00. The topological polar surface area (TPSA) is 57.1 Å². The van der Waals surface area contributed by atoms with Crippen molar-refractivity contribution in [2.45, 2.75) is 35.8 Å². The van der Waals surface area contributed by atoms with Crippen molar-refractivity contribution in [1.82, 2.24) is 9.88 Å². The van der Waals surface area contributed by atoms with Crippen molar-refractivity contribution in [2.24, 2.45) is 0 Å². The molecule has 2 atom stereocenters. The predicted molar refractivity (Wildman–Crippen MR) is 121 cm³/mol. The summed E-state index contributed by atoms with van der Waals surface area (Å²) in [6.45, 7) is 4.16. The monoisotopic (exact) mass is 421 g/mol. The van der Waals surface area contributed by atoms with E-state index < -0.39 is 5.41 Å². The number of hydrogen-bond acceptors (Lipinski definition) is 5. The van der Waals surface area contributed by atoms with Gasteiger partial charge in [-0.25, -0.2) is 0 Å². The van der Waals surface area contributed by atoms with Gasteiger partial charge in [0.15, 0.2) is 0 Å². The van der Waals surface area contributed by atoms with Crippen LogP contribution in [-0.2, 0) is 10.2 Å². The highest BCUT2D eigenvalue weighted by atomic mass is 32.2. The Morgan fingerprint density at radius 2 is 1.97 bits per heavy atom. The van der Waals surface area contributed by atoms with Crippen LogP contribution in [-0.4, -0.2) is 33.9 Å². The van der Waals surface area contributed by atoms with Gasteiger partial charge in [-0.2, -0.15) is 0 Å². The van der Waals surface area contributed by atoms with Gasteiger partial charge in [0.05, 0.1) is 5.25 Å². The smallest absolute Gasteiger partial charge is 0.242 e. The van der Waals surface area contributed by atoms with Crippen LogP contribution in [0.3, 0.4) is 0 Å². The molecule has 0 bridgehead atoms. The number of hydrogen-bond donors (Lipinski definition) is 1. The van der Waals surface area contributed by atoms with Crippen LogP contribution in [0, 0.1) is 12.3 Å². The third-order valence-electron chi connectivity index (χ3n) is 5.44. The van der Waals surface area contributed by atoms with Gasteiger partial charge in [0.25, 0.3) is 0 Å². The third-order valence-corrected chi connectivity index (χ3v) is 8.15. The van der Waals surface area contributed by atoms with Gasteiger partial charge in [0, 0.05) is 46.6 Å². The lowest BCUT2D eigenvalue weighted by molar-refractivity contribution is -0.128. The van der Waals surface area contributed by atoms with Crippen LogP contribution in [0.5, 0.6) is 0 Å². The van der Waals surface area contributed by atoms with Crippen LogP contribution in [0.2, 0.25) is 0 Å². The second-order valence-corrected chi connectivity index (χ2v) is 9.79. The first kappa shape index (κ1) is 19.9. The maximum absolute atomic E-state index is 13.2. The Kier molecular flexibility index (Phi) is 5.32. The summed E-state index contributed by atoms with van der Waals surface area (Å²) in [6, 6.07) is 14.3. The number of thioether (sulfide) groups is 1. The van der Waals surface area contributed by atoms with Crippen LogP contribution in [0.15, 0.2) is 65.1 Å². The molecule has 1 N–H and O–H groups in total. The van der Waals surface area contributed by atoms with E-state index in [4.69, 9.17) is 5.41 Å². The Labute approximate surface area is 179 Å². The van der Waals surface area contributed by atoms with E-state index in [1.165, 1.54) is 4.90 Å². The molecule has 1 fully saturated rings. The standard InChI is InChI=1S/C23H23N3OS2/c1-15-9-16(13-25-12-15)17-10-19(28-14-17)23(2)11-20(24)26(3)22(27)21(23)29-18-7-5-4-6-8-18/h4-10,12-14,21,24H,11H2,1-3H3/t21?,23-/m1/s1. The minimum absolute atomic E-state index is 0.00947. The van der Waals surface area contributed by atoms with Gasteiger partial charge in [-0.05, 0) is 47.7 Å². The molecule has 1 aliphatic heterocycles. The number of rotatable bonds is 4. The van der Waals surface area contributed by atoms with Crippen molar-refractivity contribution >= 4 is 34.8 Å². The average Bonchev–Trinajstić information content (AvgIpc) is 3.22. The first-order chi connectivity index (χ1) is 13.9. The van der Waals surface area contributed by atoms with E-state index in [1.54, 1.807) is 30.1 Å². The van der Waals surface area contributed by atoms with Crippen molar-refractivity contribution in [3.05, 3.63) is 70.7 Å². The fraction of sp³-hybridized carbons (Fsp3) is 0.261. The SMILES string of the molecule is Cc1cncc(-c2csc([C@@]3(C)CC(=N)N(C)C(=O)C3Sc3ccccc3)c2)c1.